The van der Waals surface area contributed by atoms with E-state index in [4.69, 9.17) is 21.7 Å². The minimum Gasteiger partial charge on any atom is -0.454 e. The Balaban J connectivity index is 1.46. The molecule has 0 saturated carbocycles. The average molecular weight is 419 g/mol. The molecule has 28 heavy (non-hydrogen) atoms. The van der Waals surface area contributed by atoms with Crippen LogP contribution in [0.2, 0.25) is 0 Å². The minimum atomic E-state index is -3.00. The maximum atomic E-state index is 12.0. The van der Waals surface area contributed by atoms with Crippen LogP contribution in [0, 0.1) is 0 Å². The fraction of sp³-hybridized carbons (Fsp3) is 0.350. The molecule has 6 nitrogen and oxygen atoms in total. The molecule has 0 amide bonds. The summed E-state index contributed by atoms with van der Waals surface area (Å²) in [5.41, 5.74) is 2.12. The Hall–Kier alpha value is -2.32. The topological polar surface area (TPSA) is 67.9 Å². The molecule has 2 aromatic rings. The molecule has 148 valence electrons. The molecule has 0 aliphatic carbocycles. The summed E-state index contributed by atoms with van der Waals surface area (Å²) in [6.07, 6.45) is 0.598. The van der Waals surface area contributed by atoms with Crippen molar-refractivity contribution in [3.8, 4) is 11.5 Å². The van der Waals surface area contributed by atoms with E-state index in [1.807, 2.05) is 53.4 Å². The maximum Gasteiger partial charge on any atom is 0.231 e. The molecule has 0 aromatic heterocycles. The molecule has 4 rings (SSSR count). The number of hydrogen-bond donors (Lipinski definition) is 1. The van der Waals surface area contributed by atoms with Crippen LogP contribution in [0.5, 0.6) is 11.5 Å². The maximum absolute atomic E-state index is 12.0. The van der Waals surface area contributed by atoms with Crippen LogP contribution in [-0.4, -0.2) is 42.8 Å². The molecule has 1 N–H and O–H groups in total. The van der Waals surface area contributed by atoms with Crippen molar-refractivity contribution in [1.29, 1.82) is 0 Å². The molecule has 0 unspecified atom stereocenters. The second-order valence-electron chi connectivity index (χ2n) is 7.02. The first-order valence-electron chi connectivity index (χ1n) is 9.17. The van der Waals surface area contributed by atoms with Crippen LogP contribution in [0.4, 0.5) is 0 Å². The molecule has 0 spiro atoms. The van der Waals surface area contributed by atoms with Crippen molar-refractivity contribution in [3.63, 3.8) is 0 Å². The van der Waals surface area contributed by atoms with Gasteiger partial charge in [0, 0.05) is 19.1 Å². The number of fused-ring (bicyclic) bond motifs is 1. The van der Waals surface area contributed by atoms with E-state index >= 15 is 0 Å². The fourth-order valence-electron chi connectivity index (χ4n) is 3.50. The van der Waals surface area contributed by atoms with Crippen molar-refractivity contribution >= 4 is 27.2 Å². The predicted octanol–water partition coefficient (Wildman–Crippen LogP) is 2.48. The van der Waals surface area contributed by atoms with Gasteiger partial charge < -0.3 is 19.7 Å². The monoisotopic (exact) mass is 418 g/mol. The summed E-state index contributed by atoms with van der Waals surface area (Å²) >= 11 is 5.65. The second kappa shape index (κ2) is 7.97. The van der Waals surface area contributed by atoms with Crippen LogP contribution < -0.4 is 14.8 Å². The predicted molar refractivity (Wildman–Crippen MR) is 111 cm³/mol. The standard InChI is InChI=1S/C20H22N2O4S2/c23-28(24)9-8-17(13-28)22(12-15-4-2-1-3-5-15)20(27)21-11-16-6-7-18-19(10-16)26-14-25-18/h1-7,10,17H,8-9,11-14H2,(H,21,27)/t17-/m1/s1. The Labute approximate surface area is 170 Å². The molecular formula is C20H22N2O4S2. The minimum absolute atomic E-state index is 0.109. The largest absolute Gasteiger partial charge is 0.454 e. The Bertz CT molecular complexity index is 963. The number of benzene rings is 2. The number of ether oxygens (including phenoxy) is 2. The summed E-state index contributed by atoms with van der Waals surface area (Å²) in [7, 11) is -3.00. The molecule has 2 aromatic carbocycles. The summed E-state index contributed by atoms with van der Waals surface area (Å²) in [6, 6.07) is 15.6. The van der Waals surface area contributed by atoms with E-state index in [-0.39, 0.29) is 24.3 Å². The number of rotatable bonds is 5. The molecule has 1 fully saturated rings. The Morgan fingerprint density at radius 2 is 1.89 bits per heavy atom. The summed E-state index contributed by atoms with van der Waals surface area (Å²) in [5.74, 6) is 1.83. The van der Waals surface area contributed by atoms with Gasteiger partial charge in [0.05, 0.1) is 11.5 Å². The molecule has 0 radical (unpaired) electrons. The van der Waals surface area contributed by atoms with Crippen LogP contribution in [-0.2, 0) is 22.9 Å². The van der Waals surface area contributed by atoms with Crippen LogP contribution in [0.25, 0.3) is 0 Å². The van der Waals surface area contributed by atoms with Gasteiger partial charge in [0.2, 0.25) is 6.79 Å². The first kappa shape index (κ1) is 19.0. The lowest BCUT2D eigenvalue weighted by atomic mass is 10.1. The third kappa shape index (κ3) is 4.39. The normalized spacial score (nSPS) is 19.4. The van der Waals surface area contributed by atoms with Gasteiger partial charge in [0.15, 0.2) is 26.4 Å². The zero-order chi connectivity index (χ0) is 19.6. The molecule has 8 heteroatoms. The van der Waals surface area contributed by atoms with E-state index in [2.05, 4.69) is 5.32 Å². The zero-order valence-corrected chi connectivity index (χ0v) is 17.0. The van der Waals surface area contributed by atoms with Gasteiger partial charge in [-0.1, -0.05) is 36.4 Å². The van der Waals surface area contributed by atoms with Gasteiger partial charge >= 0.3 is 0 Å². The van der Waals surface area contributed by atoms with Crippen molar-refractivity contribution in [1.82, 2.24) is 10.2 Å². The van der Waals surface area contributed by atoms with Gasteiger partial charge in [-0.3, -0.25) is 0 Å². The highest BCUT2D eigenvalue weighted by Crippen LogP contribution is 2.32. The Morgan fingerprint density at radius 3 is 2.64 bits per heavy atom. The quantitative estimate of drug-likeness (QED) is 0.748. The van der Waals surface area contributed by atoms with Crippen LogP contribution in [0.15, 0.2) is 48.5 Å². The van der Waals surface area contributed by atoms with Crippen molar-refractivity contribution in [3.05, 3.63) is 59.7 Å². The fourth-order valence-corrected chi connectivity index (χ4v) is 5.51. The van der Waals surface area contributed by atoms with Gasteiger partial charge in [-0.05, 0) is 41.9 Å². The highest BCUT2D eigenvalue weighted by Gasteiger charge is 2.33. The van der Waals surface area contributed by atoms with E-state index in [0.29, 0.717) is 24.6 Å². The highest BCUT2D eigenvalue weighted by molar-refractivity contribution is 7.91. The Morgan fingerprint density at radius 1 is 1.11 bits per heavy atom. The summed E-state index contributed by atoms with van der Waals surface area (Å²) in [5, 5.41) is 3.84. The zero-order valence-electron chi connectivity index (χ0n) is 15.3. The van der Waals surface area contributed by atoms with Gasteiger partial charge in [-0.25, -0.2) is 8.42 Å². The summed E-state index contributed by atoms with van der Waals surface area (Å²) < 4.78 is 34.7. The van der Waals surface area contributed by atoms with E-state index in [1.54, 1.807) is 0 Å². The molecule has 1 atom stereocenters. The molecule has 1 saturated heterocycles. The average Bonchev–Trinajstić information content (AvgIpc) is 3.30. The second-order valence-corrected chi connectivity index (χ2v) is 9.63. The van der Waals surface area contributed by atoms with Gasteiger partial charge in [-0.2, -0.15) is 0 Å². The SMILES string of the molecule is O=S1(=O)CC[C@@H](N(Cc2ccccc2)C(=S)NCc2ccc3c(c2)OCO3)C1. The van der Waals surface area contributed by atoms with Gasteiger partial charge in [-0.15, -0.1) is 0 Å². The number of nitrogens with one attached hydrogen (secondary N) is 1. The number of thiocarbonyl (C=S) groups is 1. The van der Waals surface area contributed by atoms with E-state index in [0.717, 1.165) is 22.6 Å². The molecule has 2 aliphatic rings. The Kier molecular flexibility index (Phi) is 5.41. The summed E-state index contributed by atoms with van der Waals surface area (Å²) in [6.45, 7) is 1.35. The lowest BCUT2D eigenvalue weighted by molar-refractivity contribution is 0.174. The lowest BCUT2D eigenvalue weighted by Gasteiger charge is -2.31. The van der Waals surface area contributed by atoms with Gasteiger partial charge in [0.1, 0.15) is 0 Å². The molecule has 0 bridgehead atoms. The highest BCUT2D eigenvalue weighted by atomic mass is 32.2. The van der Waals surface area contributed by atoms with Crippen molar-refractivity contribution in [2.24, 2.45) is 0 Å². The molecule has 2 heterocycles. The molecule has 2 aliphatic heterocycles. The van der Waals surface area contributed by atoms with Gasteiger partial charge in [0.25, 0.3) is 0 Å². The van der Waals surface area contributed by atoms with Crippen LogP contribution >= 0.6 is 12.2 Å². The summed E-state index contributed by atoms with van der Waals surface area (Å²) in [4.78, 5) is 2.00. The first-order chi connectivity index (χ1) is 13.5. The van der Waals surface area contributed by atoms with Crippen LogP contribution in [0.1, 0.15) is 17.5 Å². The van der Waals surface area contributed by atoms with E-state index in [9.17, 15) is 8.42 Å². The third-order valence-electron chi connectivity index (χ3n) is 4.99. The van der Waals surface area contributed by atoms with Crippen LogP contribution in [0.3, 0.4) is 0 Å². The third-order valence-corrected chi connectivity index (χ3v) is 7.12. The van der Waals surface area contributed by atoms with Crippen molar-refractivity contribution in [2.75, 3.05) is 18.3 Å². The molecular weight excluding hydrogens is 396 g/mol. The van der Waals surface area contributed by atoms with Crippen molar-refractivity contribution in [2.45, 2.75) is 25.6 Å². The van der Waals surface area contributed by atoms with Crippen molar-refractivity contribution < 1.29 is 17.9 Å². The number of nitrogens with zero attached hydrogens (tertiary/aromatic N) is 1. The number of sulfone groups is 1. The van der Waals surface area contributed by atoms with E-state index in [1.165, 1.54) is 0 Å². The van der Waals surface area contributed by atoms with E-state index < -0.39 is 9.84 Å². The number of hydrogen-bond acceptors (Lipinski definition) is 5. The smallest absolute Gasteiger partial charge is 0.231 e. The first-order valence-corrected chi connectivity index (χ1v) is 11.4. The lowest BCUT2D eigenvalue weighted by Crippen LogP contribution is -2.45.